The van der Waals surface area contributed by atoms with E-state index < -0.39 is 0 Å². The predicted octanol–water partition coefficient (Wildman–Crippen LogP) is 4.69. The molecule has 1 heterocycles. The highest BCUT2D eigenvalue weighted by atomic mass is 19.1. The average molecular weight is 488 g/mol. The van der Waals surface area contributed by atoms with E-state index in [0.29, 0.717) is 5.56 Å². The first-order valence-electron chi connectivity index (χ1n) is 12.4. The molecule has 5 rings (SSSR count). The van der Waals surface area contributed by atoms with E-state index in [1.54, 1.807) is 30.3 Å². The van der Waals surface area contributed by atoms with E-state index in [1.165, 1.54) is 18.2 Å². The van der Waals surface area contributed by atoms with Crippen LogP contribution < -0.4 is 10.2 Å². The molecular weight excluding hydrogens is 457 g/mol. The first-order chi connectivity index (χ1) is 17.4. The fraction of sp³-hybridized carbons (Fsp3) is 0.310. The maximum absolute atomic E-state index is 13.4. The van der Waals surface area contributed by atoms with Crippen LogP contribution in [0.1, 0.15) is 57.1 Å². The van der Waals surface area contributed by atoms with Crippen molar-refractivity contribution in [2.75, 3.05) is 25.0 Å². The van der Waals surface area contributed by atoms with Gasteiger partial charge in [-0.25, -0.2) is 4.39 Å². The Bertz CT molecular complexity index is 1270. The third-order valence-electron chi connectivity index (χ3n) is 7.45. The minimum atomic E-state index is -0.326. The number of fused-ring (bicyclic) bond motifs is 1. The second kappa shape index (κ2) is 10.0. The molecule has 1 atom stereocenters. The summed E-state index contributed by atoms with van der Waals surface area (Å²) in [5.74, 6) is -0.652. The van der Waals surface area contributed by atoms with Crippen molar-refractivity contribution < 1.29 is 19.1 Å². The number of carbonyl (C=O) groups is 2. The maximum atomic E-state index is 13.4. The molecule has 3 aromatic rings. The monoisotopic (exact) mass is 487 g/mol. The smallest absolute Gasteiger partial charge is 0.255 e. The minimum absolute atomic E-state index is 0.0317. The molecule has 7 heteroatoms. The van der Waals surface area contributed by atoms with Crippen LogP contribution >= 0.6 is 0 Å². The van der Waals surface area contributed by atoms with Gasteiger partial charge in [0.2, 0.25) is 0 Å². The van der Waals surface area contributed by atoms with Crippen molar-refractivity contribution in [2.24, 2.45) is 0 Å². The standard InChI is InChI=1S/C29H30FN3O3/c1-32(22-14-16-33(17-15-22)23-11-9-21(30)10-12-23)29(36)20-7-6-19-8-13-26(25(19)18-20)31-28(35)24-4-2-3-5-27(24)34/h2-7,9-12,18,22,26,34H,8,13-17H2,1H3,(H,31,35). The number of rotatable bonds is 5. The van der Waals surface area contributed by atoms with Gasteiger partial charge in [-0.2, -0.15) is 0 Å². The topological polar surface area (TPSA) is 72.9 Å². The Kier molecular flexibility index (Phi) is 6.63. The van der Waals surface area contributed by atoms with Crippen molar-refractivity contribution in [3.63, 3.8) is 0 Å². The summed E-state index contributed by atoms with van der Waals surface area (Å²) in [5, 5.41) is 13.0. The van der Waals surface area contributed by atoms with Crippen LogP contribution in [0.5, 0.6) is 5.75 Å². The van der Waals surface area contributed by atoms with Gasteiger partial charge in [0.15, 0.2) is 0 Å². The number of carbonyl (C=O) groups excluding carboxylic acids is 2. The van der Waals surface area contributed by atoms with E-state index in [2.05, 4.69) is 10.2 Å². The molecule has 2 N–H and O–H groups in total. The van der Waals surface area contributed by atoms with Gasteiger partial charge in [-0.3, -0.25) is 9.59 Å². The van der Waals surface area contributed by atoms with Crippen molar-refractivity contribution in [3.05, 3.63) is 94.8 Å². The first kappa shape index (κ1) is 23.9. The molecule has 6 nitrogen and oxygen atoms in total. The zero-order chi connectivity index (χ0) is 25.2. The molecule has 1 saturated heterocycles. The summed E-state index contributed by atoms with van der Waals surface area (Å²) in [6, 6.07) is 18.7. The fourth-order valence-electron chi connectivity index (χ4n) is 5.32. The zero-order valence-corrected chi connectivity index (χ0v) is 20.3. The molecule has 186 valence electrons. The highest BCUT2D eigenvalue weighted by Crippen LogP contribution is 2.33. The highest BCUT2D eigenvalue weighted by Gasteiger charge is 2.29. The molecule has 36 heavy (non-hydrogen) atoms. The fourth-order valence-corrected chi connectivity index (χ4v) is 5.32. The van der Waals surface area contributed by atoms with Gasteiger partial charge in [0.25, 0.3) is 11.8 Å². The van der Waals surface area contributed by atoms with Crippen molar-refractivity contribution in [2.45, 2.75) is 37.8 Å². The van der Waals surface area contributed by atoms with Gasteiger partial charge in [0.05, 0.1) is 11.6 Å². The number of aromatic hydroxyl groups is 1. The van der Waals surface area contributed by atoms with Crippen LogP contribution in [0, 0.1) is 5.82 Å². The van der Waals surface area contributed by atoms with Crippen LogP contribution in [-0.4, -0.2) is 48.0 Å². The number of piperidine rings is 1. The summed E-state index contributed by atoms with van der Waals surface area (Å²) in [7, 11) is 1.85. The summed E-state index contributed by atoms with van der Waals surface area (Å²) in [5.41, 5.74) is 3.94. The number of phenolic OH excluding ortho intramolecular Hbond substituents is 1. The van der Waals surface area contributed by atoms with Crippen molar-refractivity contribution >= 4 is 17.5 Å². The Morgan fingerprint density at radius 1 is 1.00 bits per heavy atom. The number of hydrogen-bond acceptors (Lipinski definition) is 4. The van der Waals surface area contributed by atoms with Crippen LogP contribution in [0.25, 0.3) is 0 Å². The van der Waals surface area contributed by atoms with Gasteiger partial charge in [-0.05, 0) is 85.3 Å². The molecule has 1 fully saturated rings. The van der Waals surface area contributed by atoms with Crippen molar-refractivity contribution in [1.29, 1.82) is 0 Å². The third kappa shape index (κ3) is 4.78. The van der Waals surface area contributed by atoms with E-state index in [0.717, 1.165) is 55.6 Å². The zero-order valence-electron chi connectivity index (χ0n) is 20.3. The summed E-state index contributed by atoms with van der Waals surface area (Å²) >= 11 is 0. The molecule has 1 aliphatic heterocycles. The maximum Gasteiger partial charge on any atom is 0.255 e. The molecular formula is C29H30FN3O3. The number of anilines is 1. The average Bonchev–Trinajstić information content (AvgIpc) is 3.30. The molecule has 0 saturated carbocycles. The highest BCUT2D eigenvalue weighted by molar-refractivity contribution is 5.97. The van der Waals surface area contributed by atoms with E-state index >= 15 is 0 Å². The van der Waals surface area contributed by atoms with Gasteiger partial charge in [0.1, 0.15) is 11.6 Å². The molecule has 1 aliphatic carbocycles. The number of hydrogen-bond donors (Lipinski definition) is 2. The molecule has 3 aromatic carbocycles. The third-order valence-corrected chi connectivity index (χ3v) is 7.45. The molecule has 0 radical (unpaired) electrons. The Morgan fingerprint density at radius 3 is 2.44 bits per heavy atom. The van der Waals surface area contributed by atoms with Gasteiger partial charge < -0.3 is 20.2 Å². The van der Waals surface area contributed by atoms with Gasteiger partial charge in [-0.15, -0.1) is 0 Å². The Morgan fingerprint density at radius 2 is 1.72 bits per heavy atom. The number of amides is 2. The number of phenols is 1. The SMILES string of the molecule is CN(C(=O)c1ccc2c(c1)C(NC(=O)c1ccccc1O)CC2)C1CCN(c2ccc(F)cc2)CC1. The number of halogens is 1. The lowest BCUT2D eigenvalue weighted by Gasteiger charge is -2.38. The van der Waals surface area contributed by atoms with Crippen molar-refractivity contribution in [3.8, 4) is 5.75 Å². The van der Waals surface area contributed by atoms with Crippen LogP contribution in [0.2, 0.25) is 0 Å². The van der Waals surface area contributed by atoms with Crippen LogP contribution in [0.15, 0.2) is 66.7 Å². The molecule has 0 aromatic heterocycles. The summed E-state index contributed by atoms with van der Waals surface area (Å²) < 4.78 is 13.2. The number of para-hydroxylation sites is 1. The normalized spacial score (nSPS) is 17.5. The number of aryl methyl sites for hydroxylation is 1. The Balaban J connectivity index is 1.24. The second-order valence-corrected chi connectivity index (χ2v) is 9.61. The lowest BCUT2D eigenvalue weighted by atomic mass is 10.00. The Labute approximate surface area is 210 Å². The first-order valence-corrected chi connectivity index (χ1v) is 12.4. The van der Waals surface area contributed by atoms with E-state index in [1.807, 2.05) is 30.1 Å². The van der Waals surface area contributed by atoms with Gasteiger partial charge in [0, 0.05) is 37.4 Å². The second-order valence-electron chi connectivity index (χ2n) is 9.61. The predicted molar refractivity (Wildman–Crippen MR) is 137 cm³/mol. The molecule has 0 bridgehead atoms. The van der Waals surface area contributed by atoms with Crippen LogP contribution in [0.3, 0.4) is 0 Å². The summed E-state index contributed by atoms with van der Waals surface area (Å²) in [6.45, 7) is 1.61. The molecule has 1 unspecified atom stereocenters. The van der Waals surface area contributed by atoms with Crippen LogP contribution in [0.4, 0.5) is 10.1 Å². The van der Waals surface area contributed by atoms with Gasteiger partial charge in [-0.1, -0.05) is 18.2 Å². The number of nitrogens with zero attached hydrogens (tertiary/aromatic N) is 2. The minimum Gasteiger partial charge on any atom is -0.507 e. The summed E-state index contributed by atoms with van der Waals surface area (Å²) in [6.07, 6.45) is 3.25. The van der Waals surface area contributed by atoms with E-state index in [-0.39, 0.29) is 41.0 Å². The molecule has 2 amide bonds. The largest absolute Gasteiger partial charge is 0.507 e. The summed E-state index contributed by atoms with van der Waals surface area (Å²) in [4.78, 5) is 30.2. The lowest BCUT2D eigenvalue weighted by molar-refractivity contribution is 0.0709. The number of benzene rings is 3. The van der Waals surface area contributed by atoms with E-state index in [9.17, 15) is 19.1 Å². The van der Waals surface area contributed by atoms with Crippen molar-refractivity contribution in [1.82, 2.24) is 10.2 Å². The van der Waals surface area contributed by atoms with Gasteiger partial charge >= 0.3 is 0 Å². The molecule has 0 spiro atoms. The van der Waals surface area contributed by atoms with E-state index in [4.69, 9.17) is 0 Å². The van der Waals surface area contributed by atoms with Crippen LogP contribution in [-0.2, 0) is 6.42 Å². The number of nitrogens with one attached hydrogen (secondary N) is 1. The Hall–Kier alpha value is -3.87. The lowest BCUT2D eigenvalue weighted by Crippen LogP contribution is -2.45. The molecule has 2 aliphatic rings. The quantitative estimate of drug-likeness (QED) is 0.548.